The van der Waals surface area contributed by atoms with Crippen LogP contribution >= 0.6 is 0 Å². The molecular formula is C9H16N4O. The van der Waals surface area contributed by atoms with Crippen LogP contribution in [0.2, 0.25) is 0 Å². The van der Waals surface area contributed by atoms with E-state index in [-0.39, 0.29) is 11.7 Å². The van der Waals surface area contributed by atoms with Gasteiger partial charge in [-0.15, -0.1) is 5.10 Å². The molecule has 1 aromatic heterocycles. The first-order valence-electron chi connectivity index (χ1n) is 4.75. The lowest BCUT2D eigenvalue weighted by atomic mass is 9.98. The molecule has 0 amide bonds. The summed E-state index contributed by atoms with van der Waals surface area (Å²) in [5.41, 5.74) is 6.19. The molecule has 0 aliphatic rings. The zero-order valence-electron chi connectivity index (χ0n) is 8.60. The molecule has 1 heterocycles. The van der Waals surface area contributed by atoms with E-state index in [9.17, 15) is 4.79 Å². The van der Waals surface area contributed by atoms with Crippen molar-refractivity contribution in [3.8, 4) is 0 Å². The number of hydrogen-bond donors (Lipinski definition) is 1. The van der Waals surface area contributed by atoms with Gasteiger partial charge in [-0.25, -0.2) is 0 Å². The van der Waals surface area contributed by atoms with Crippen LogP contribution in [0.25, 0.3) is 0 Å². The van der Waals surface area contributed by atoms with Crippen LogP contribution in [-0.4, -0.2) is 27.3 Å². The van der Waals surface area contributed by atoms with Crippen molar-refractivity contribution in [1.29, 1.82) is 0 Å². The third-order valence-electron chi connectivity index (χ3n) is 2.24. The Morgan fingerprint density at radius 3 is 2.86 bits per heavy atom. The van der Waals surface area contributed by atoms with Gasteiger partial charge in [-0.1, -0.05) is 12.1 Å². The zero-order chi connectivity index (χ0) is 10.6. The van der Waals surface area contributed by atoms with Gasteiger partial charge in [0.15, 0.2) is 0 Å². The summed E-state index contributed by atoms with van der Waals surface area (Å²) in [4.78, 5) is 11.6. The lowest BCUT2D eigenvalue weighted by Gasteiger charge is -2.08. The lowest BCUT2D eigenvalue weighted by Crippen LogP contribution is -2.24. The molecule has 5 nitrogen and oxygen atoms in total. The Morgan fingerprint density at radius 2 is 2.43 bits per heavy atom. The van der Waals surface area contributed by atoms with Crippen LogP contribution in [0.15, 0.2) is 6.20 Å². The normalized spacial score (nSPS) is 12.8. The minimum absolute atomic E-state index is 0.0444. The molecule has 0 radical (unpaired) electrons. The highest BCUT2D eigenvalue weighted by molar-refractivity contribution is 5.82. The maximum Gasteiger partial charge on any atom is 0.143 e. The first-order valence-corrected chi connectivity index (χ1v) is 4.75. The summed E-state index contributed by atoms with van der Waals surface area (Å²) in [7, 11) is 1.78. The summed E-state index contributed by atoms with van der Waals surface area (Å²) in [6, 6.07) is 0. The van der Waals surface area contributed by atoms with Crippen molar-refractivity contribution in [2.75, 3.05) is 6.54 Å². The van der Waals surface area contributed by atoms with E-state index < -0.39 is 0 Å². The number of Topliss-reactive ketones (excluding diaryl/α,β-unsaturated/α-hetero) is 1. The second-order valence-corrected chi connectivity index (χ2v) is 3.37. The van der Waals surface area contributed by atoms with E-state index in [1.54, 1.807) is 17.9 Å². The van der Waals surface area contributed by atoms with Gasteiger partial charge in [0.05, 0.1) is 12.1 Å². The molecule has 1 atom stereocenters. The van der Waals surface area contributed by atoms with E-state index in [2.05, 4.69) is 10.3 Å². The number of ketones is 1. The number of carbonyl (C=O) groups excluding carboxylic acids is 1. The summed E-state index contributed by atoms with van der Waals surface area (Å²) >= 11 is 0. The Labute approximate surface area is 83.3 Å². The molecule has 5 heteroatoms. The summed E-state index contributed by atoms with van der Waals surface area (Å²) in [5, 5.41) is 7.62. The van der Waals surface area contributed by atoms with E-state index in [0.717, 1.165) is 6.42 Å². The molecule has 0 aliphatic heterocycles. The highest BCUT2D eigenvalue weighted by atomic mass is 16.1. The Kier molecular flexibility index (Phi) is 3.76. The van der Waals surface area contributed by atoms with Gasteiger partial charge >= 0.3 is 0 Å². The summed E-state index contributed by atoms with van der Waals surface area (Å²) in [6.07, 6.45) is 2.88. The molecule has 0 saturated carbocycles. The van der Waals surface area contributed by atoms with Crippen LogP contribution in [-0.2, 0) is 18.3 Å². The Morgan fingerprint density at radius 1 is 1.71 bits per heavy atom. The fourth-order valence-corrected chi connectivity index (χ4v) is 1.32. The van der Waals surface area contributed by atoms with Gasteiger partial charge in [-0.2, -0.15) is 0 Å². The van der Waals surface area contributed by atoms with Crippen LogP contribution in [0.1, 0.15) is 19.0 Å². The fraction of sp³-hybridized carbons (Fsp3) is 0.667. The van der Waals surface area contributed by atoms with Crippen LogP contribution in [0.5, 0.6) is 0 Å². The third-order valence-corrected chi connectivity index (χ3v) is 2.24. The number of rotatable bonds is 5. The molecule has 78 valence electrons. The molecule has 0 aromatic carbocycles. The van der Waals surface area contributed by atoms with Crippen molar-refractivity contribution < 1.29 is 4.79 Å². The van der Waals surface area contributed by atoms with Gasteiger partial charge in [0.1, 0.15) is 5.78 Å². The summed E-state index contributed by atoms with van der Waals surface area (Å²) < 4.78 is 1.59. The van der Waals surface area contributed by atoms with E-state index in [1.165, 1.54) is 0 Å². The number of aromatic nitrogens is 3. The van der Waals surface area contributed by atoms with Gasteiger partial charge in [0, 0.05) is 25.7 Å². The molecule has 1 rings (SSSR count). The minimum atomic E-state index is -0.0444. The first-order chi connectivity index (χ1) is 6.67. The maximum atomic E-state index is 11.6. The van der Waals surface area contributed by atoms with Crippen LogP contribution in [0, 0.1) is 5.92 Å². The lowest BCUT2D eigenvalue weighted by molar-refractivity contribution is -0.122. The van der Waals surface area contributed by atoms with E-state index in [0.29, 0.717) is 18.7 Å². The number of nitrogens with zero attached hydrogens (tertiary/aromatic N) is 3. The molecular weight excluding hydrogens is 180 g/mol. The second kappa shape index (κ2) is 4.85. The first kappa shape index (κ1) is 10.8. The van der Waals surface area contributed by atoms with Crippen molar-refractivity contribution in [2.45, 2.75) is 19.8 Å². The van der Waals surface area contributed by atoms with Crippen LogP contribution in [0.4, 0.5) is 0 Å². The standard InChI is InChI=1S/C9H16N4O/c1-3-7(5-10)9(14)4-8-6-13(2)12-11-8/h6-7H,3-5,10H2,1-2H3. The van der Waals surface area contributed by atoms with Gasteiger partial charge in [0.25, 0.3) is 0 Å². The third kappa shape index (κ3) is 2.63. The number of aryl methyl sites for hydroxylation is 1. The van der Waals surface area contributed by atoms with Crippen molar-refractivity contribution in [3.63, 3.8) is 0 Å². The molecule has 1 aromatic rings. The topological polar surface area (TPSA) is 73.8 Å². The largest absolute Gasteiger partial charge is 0.330 e. The fourth-order valence-electron chi connectivity index (χ4n) is 1.32. The van der Waals surface area contributed by atoms with Crippen molar-refractivity contribution >= 4 is 5.78 Å². The highest BCUT2D eigenvalue weighted by Gasteiger charge is 2.16. The van der Waals surface area contributed by atoms with Gasteiger partial charge < -0.3 is 5.73 Å². The smallest absolute Gasteiger partial charge is 0.143 e. The minimum Gasteiger partial charge on any atom is -0.330 e. The average molecular weight is 196 g/mol. The molecule has 0 fully saturated rings. The molecule has 0 saturated heterocycles. The van der Waals surface area contributed by atoms with Gasteiger partial charge in [-0.3, -0.25) is 9.48 Å². The molecule has 2 N–H and O–H groups in total. The highest BCUT2D eigenvalue weighted by Crippen LogP contribution is 2.06. The maximum absolute atomic E-state index is 11.6. The summed E-state index contributed by atoms with van der Waals surface area (Å²) in [5.74, 6) is 0.104. The quantitative estimate of drug-likeness (QED) is 0.714. The molecule has 14 heavy (non-hydrogen) atoms. The van der Waals surface area contributed by atoms with E-state index >= 15 is 0 Å². The SMILES string of the molecule is CCC(CN)C(=O)Cc1cn(C)nn1. The molecule has 0 aliphatic carbocycles. The predicted octanol–water partition coefficient (Wildman–Crippen LogP) is -0.0884. The van der Waals surface area contributed by atoms with Gasteiger partial charge in [-0.05, 0) is 6.42 Å². The number of carbonyl (C=O) groups is 1. The second-order valence-electron chi connectivity index (χ2n) is 3.37. The Balaban J connectivity index is 2.56. The monoisotopic (exact) mass is 196 g/mol. The van der Waals surface area contributed by atoms with Crippen molar-refractivity contribution in [2.24, 2.45) is 18.7 Å². The number of nitrogens with two attached hydrogens (primary N) is 1. The predicted molar refractivity (Wildman–Crippen MR) is 52.5 cm³/mol. The average Bonchev–Trinajstić information content (AvgIpc) is 2.53. The molecule has 0 spiro atoms. The zero-order valence-corrected chi connectivity index (χ0v) is 8.60. The summed E-state index contributed by atoms with van der Waals surface area (Å²) in [6.45, 7) is 2.38. The molecule has 0 bridgehead atoms. The van der Waals surface area contributed by atoms with Crippen molar-refractivity contribution in [1.82, 2.24) is 15.0 Å². The molecule has 1 unspecified atom stereocenters. The van der Waals surface area contributed by atoms with Crippen LogP contribution in [0.3, 0.4) is 0 Å². The Hall–Kier alpha value is -1.23. The van der Waals surface area contributed by atoms with Crippen molar-refractivity contribution in [3.05, 3.63) is 11.9 Å². The van der Waals surface area contributed by atoms with Crippen LogP contribution < -0.4 is 5.73 Å². The van der Waals surface area contributed by atoms with E-state index in [1.807, 2.05) is 6.92 Å². The number of hydrogen-bond acceptors (Lipinski definition) is 4. The Bertz CT molecular complexity index is 304. The van der Waals surface area contributed by atoms with Gasteiger partial charge in [0.2, 0.25) is 0 Å². The van der Waals surface area contributed by atoms with E-state index in [4.69, 9.17) is 5.73 Å².